The third-order valence-corrected chi connectivity index (χ3v) is 3.34. The van der Waals surface area contributed by atoms with E-state index in [1.165, 1.54) is 19.2 Å². The normalized spacial score (nSPS) is 11.9. The van der Waals surface area contributed by atoms with Crippen LogP contribution in [0.4, 0.5) is 10.1 Å². The Kier molecular flexibility index (Phi) is 6.57. The zero-order valence-corrected chi connectivity index (χ0v) is 11.4. The van der Waals surface area contributed by atoms with Gasteiger partial charge in [-0.05, 0) is 36.1 Å². The molecule has 18 heavy (non-hydrogen) atoms. The van der Waals surface area contributed by atoms with Crippen molar-refractivity contribution in [2.75, 3.05) is 23.9 Å². The Hall–Kier alpha value is -1.23. The van der Waals surface area contributed by atoms with Crippen molar-refractivity contribution in [1.29, 1.82) is 0 Å². The lowest BCUT2D eigenvalue weighted by atomic mass is 10.2. The van der Waals surface area contributed by atoms with Gasteiger partial charge in [-0.15, -0.1) is 0 Å². The SMILES string of the molecule is CCSCCC(Nc1cccc(F)c1)C(=O)OC. The fraction of sp³-hybridized carbons (Fsp3) is 0.462. The van der Waals surface area contributed by atoms with Crippen LogP contribution in [0.15, 0.2) is 24.3 Å². The topological polar surface area (TPSA) is 38.3 Å². The lowest BCUT2D eigenvalue weighted by Gasteiger charge is -2.17. The third kappa shape index (κ3) is 4.96. The number of ether oxygens (including phenoxy) is 1. The molecule has 0 aliphatic rings. The van der Waals surface area contributed by atoms with E-state index < -0.39 is 6.04 Å². The van der Waals surface area contributed by atoms with Crippen LogP contribution in [0.3, 0.4) is 0 Å². The third-order valence-electron chi connectivity index (χ3n) is 2.41. The molecule has 0 amide bonds. The Morgan fingerprint density at radius 1 is 1.56 bits per heavy atom. The number of halogens is 1. The van der Waals surface area contributed by atoms with Gasteiger partial charge in [-0.1, -0.05) is 13.0 Å². The van der Waals surface area contributed by atoms with Crippen molar-refractivity contribution >= 4 is 23.4 Å². The van der Waals surface area contributed by atoms with Crippen LogP contribution in [0.1, 0.15) is 13.3 Å². The smallest absolute Gasteiger partial charge is 0.328 e. The zero-order valence-electron chi connectivity index (χ0n) is 10.6. The molecule has 0 fully saturated rings. The second kappa shape index (κ2) is 7.97. The van der Waals surface area contributed by atoms with E-state index in [0.717, 1.165) is 11.5 Å². The molecule has 0 aliphatic carbocycles. The summed E-state index contributed by atoms with van der Waals surface area (Å²) < 4.78 is 17.8. The molecule has 0 saturated heterocycles. The van der Waals surface area contributed by atoms with Gasteiger partial charge in [0.15, 0.2) is 0 Å². The fourth-order valence-electron chi connectivity index (χ4n) is 1.52. The number of anilines is 1. The van der Waals surface area contributed by atoms with Crippen LogP contribution in [-0.4, -0.2) is 30.6 Å². The number of benzene rings is 1. The lowest BCUT2D eigenvalue weighted by Crippen LogP contribution is -2.31. The van der Waals surface area contributed by atoms with Crippen molar-refractivity contribution in [2.45, 2.75) is 19.4 Å². The van der Waals surface area contributed by atoms with E-state index in [0.29, 0.717) is 12.1 Å². The molecule has 100 valence electrons. The number of thioether (sulfide) groups is 1. The summed E-state index contributed by atoms with van der Waals surface area (Å²) in [6.45, 7) is 2.07. The average molecular weight is 271 g/mol. The van der Waals surface area contributed by atoms with Crippen molar-refractivity contribution in [3.05, 3.63) is 30.1 Å². The van der Waals surface area contributed by atoms with Crippen LogP contribution in [0.5, 0.6) is 0 Å². The molecule has 0 aliphatic heterocycles. The predicted molar refractivity (Wildman–Crippen MR) is 73.4 cm³/mol. The van der Waals surface area contributed by atoms with Crippen LogP contribution in [0, 0.1) is 5.82 Å². The molecule has 0 radical (unpaired) electrons. The number of esters is 1. The highest BCUT2D eigenvalue weighted by Crippen LogP contribution is 2.14. The number of methoxy groups -OCH3 is 1. The predicted octanol–water partition coefficient (Wildman–Crippen LogP) is 2.92. The fourth-order valence-corrected chi connectivity index (χ4v) is 2.21. The van der Waals surface area contributed by atoms with Gasteiger partial charge in [-0.3, -0.25) is 0 Å². The minimum atomic E-state index is -0.434. The van der Waals surface area contributed by atoms with Gasteiger partial charge in [0.1, 0.15) is 11.9 Å². The van der Waals surface area contributed by atoms with E-state index in [1.807, 2.05) is 0 Å². The van der Waals surface area contributed by atoms with Crippen molar-refractivity contribution in [1.82, 2.24) is 0 Å². The highest BCUT2D eigenvalue weighted by molar-refractivity contribution is 7.99. The first kappa shape index (κ1) is 14.8. The van der Waals surface area contributed by atoms with Gasteiger partial charge in [0.25, 0.3) is 0 Å². The molecule has 0 saturated carbocycles. The van der Waals surface area contributed by atoms with Gasteiger partial charge < -0.3 is 10.1 Å². The lowest BCUT2D eigenvalue weighted by molar-refractivity contribution is -0.141. The maximum atomic E-state index is 13.0. The van der Waals surface area contributed by atoms with E-state index in [4.69, 9.17) is 4.74 Å². The Labute approximate surface area is 111 Å². The molecular formula is C13H18FNO2S. The maximum absolute atomic E-state index is 13.0. The Balaban J connectivity index is 2.62. The number of nitrogens with one attached hydrogen (secondary N) is 1. The Bertz CT molecular complexity index is 387. The van der Waals surface area contributed by atoms with Crippen LogP contribution in [0.25, 0.3) is 0 Å². The highest BCUT2D eigenvalue weighted by atomic mass is 32.2. The molecule has 1 N–H and O–H groups in total. The van der Waals surface area contributed by atoms with Gasteiger partial charge in [0.05, 0.1) is 7.11 Å². The van der Waals surface area contributed by atoms with Crippen molar-refractivity contribution < 1.29 is 13.9 Å². The first-order valence-corrected chi connectivity index (χ1v) is 7.00. The average Bonchev–Trinajstić information content (AvgIpc) is 2.37. The standard InChI is InChI=1S/C13H18FNO2S/c1-3-18-8-7-12(13(16)17-2)15-11-6-4-5-10(14)9-11/h4-6,9,12,15H,3,7-8H2,1-2H3. The summed E-state index contributed by atoms with van der Waals surface area (Å²) in [5.74, 6) is 1.22. The van der Waals surface area contributed by atoms with Crippen LogP contribution in [-0.2, 0) is 9.53 Å². The van der Waals surface area contributed by atoms with E-state index in [2.05, 4.69) is 12.2 Å². The second-order valence-electron chi connectivity index (χ2n) is 3.72. The zero-order chi connectivity index (χ0) is 13.4. The molecule has 3 nitrogen and oxygen atoms in total. The first-order valence-electron chi connectivity index (χ1n) is 5.85. The summed E-state index contributed by atoms with van der Waals surface area (Å²) in [7, 11) is 1.36. The number of hydrogen-bond donors (Lipinski definition) is 1. The summed E-state index contributed by atoms with van der Waals surface area (Å²) in [5.41, 5.74) is 0.590. The van der Waals surface area contributed by atoms with Crippen molar-refractivity contribution in [3.63, 3.8) is 0 Å². The maximum Gasteiger partial charge on any atom is 0.328 e. The summed E-state index contributed by atoms with van der Waals surface area (Å²) in [4.78, 5) is 11.6. The molecule has 0 spiro atoms. The van der Waals surface area contributed by atoms with E-state index >= 15 is 0 Å². The monoisotopic (exact) mass is 271 g/mol. The number of rotatable bonds is 7. The largest absolute Gasteiger partial charge is 0.467 e. The van der Waals surface area contributed by atoms with Gasteiger partial charge in [0, 0.05) is 5.69 Å². The molecule has 0 bridgehead atoms. The summed E-state index contributed by atoms with van der Waals surface area (Å²) in [6.07, 6.45) is 0.654. The van der Waals surface area contributed by atoms with Crippen LogP contribution < -0.4 is 5.32 Å². The molecule has 1 unspecified atom stereocenters. The number of carbonyl (C=O) groups is 1. The molecule has 1 atom stereocenters. The molecule has 0 aromatic heterocycles. The number of carbonyl (C=O) groups excluding carboxylic acids is 1. The first-order chi connectivity index (χ1) is 8.67. The van der Waals surface area contributed by atoms with E-state index in [-0.39, 0.29) is 11.8 Å². The summed E-state index contributed by atoms with van der Waals surface area (Å²) in [5, 5.41) is 3.00. The van der Waals surface area contributed by atoms with Gasteiger partial charge in [-0.2, -0.15) is 11.8 Å². The van der Waals surface area contributed by atoms with Gasteiger partial charge >= 0.3 is 5.97 Å². The van der Waals surface area contributed by atoms with E-state index in [1.54, 1.807) is 23.9 Å². The van der Waals surface area contributed by atoms with Crippen molar-refractivity contribution in [2.24, 2.45) is 0 Å². The molecule has 0 heterocycles. The van der Waals surface area contributed by atoms with Gasteiger partial charge in [0.2, 0.25) is 0 Å². The quantitative estimate of drug-likeness (QED) is 0.611. The van der Waals surface area contributed by atoms with E-state index in [9.17, 15) is 9.18 Å². The molecule has 1 aromatic rings. The minimum absolute atomic E-state index is 0.323. The Morgan fingerprint density at radius 3 is 2.94 bits per heavy atom. The second-order valence-corrected chi connectivity index (χ2v) is 5.11. The summed E-state index contributed by atoms with van der Waals surface area (Å²) in [6, 6.07) is 5.63. The molecule has 5 heteroatoms. The van der Waals surface area contributed by atoms with Crippen LogP contribution in [0.2, 0.25) is 0 Å². The minimum Gasteiger partial charge on any atom is -0.467 e. The summed E-state index contributed by atoms with van der Waals surface area (Å²) >= 11 is 1.76. The van der Waals surface area contributed by atoms with Crippen LogP contribution >= 0.6 is 11.8 Å². The van der Waals surface area contributed by atoms with Gasteiger partial charge in [-0.25, -0.2) is 9.18 Å². The molecular weight excluding hydrogens is 253 g/mol. The highest BCUT2D eigenvalue weighted by Gasteiger charge is 2.18. The molecule has 1 aromatic carbocycles. The number of hydrogen-bond acceptors (Lipinski definition) is 4. The Morgan fingerprint density at radius 2 is 2.33 bits per heavy atom. The van der Waals surface area contributed by atoms with Crippen molar-refractivity contribution in [3.8, 4) is 0 Å². The molecule has 1 rings (SSSR count).